The summed E-state index contributed by atoms with van der Waals surface area (Å²) in [5, 5.41) is 4.07. The fourth-order valence-electron chi connectivity index (χ4n) is 3.82. The summed E-state index contributed by atoms with van der Waals surface area (Å²) in [6.07, 6.45) is 8.34. The van der Waals surface area contributed by atoms with E-state index in [-0.39, 0.29) is 23.2 Å². The standard InChI is InChI=1S/C26H28N2O4/c1-26(2)22(17-27-31-18-19-9-6-10-19)24(26)25(29)30-16-8-12-20-11-7-15-23(28-20)32-21-13-4-3-5-14-21/h3-5,7,11,13-15,17,19,22,24H,6,9-10,12,18H2,1-2H3. The fraction of sp³-hybridized carbons (Fsp3) is 0.423. The molecule has 2 saturated carbocycles. The highest BCUT2D eigenvalue weighted by Crippen LogP contribution is 2.57. The highest BCUT2D eigenvalue weighted by Gasteiger charge is 2.62. The first kappa shape index (κ1) is 21.9. The van der Waals surface area contributed by atoms with Crippen LogP contribution in [-0.2, 0) is 20.8 Å². The topological polar surface area (TPSA) is 70.0 Å². The van der Waals surface area contributed by atoms with E-state index in [2.05, 4.69) is 22.2 Å². The predicted molar refractivity (Wildman–Crippen MR) is 121 cm³/mol. The molecule has 1 aromatic carbocycles. The molecule has 2 atom stereocenters. The molecule has 2 fully saturated rings. The summed E-state index contributed by atoms with van der Waals surface area (Å²) in [5.41, 5.74) is 0.537. The number of pyridine rings is 1. The monoisotopic (exact) mass is 432 g/mol. The second-order valence-electron chi connectivity index (χ2n) is 8.93. The van der Waals surface area contributed by atoms with Gasteiger partial charge in [0, 0.05) is 18.2 Å². The third-order valence-electron chi connectivity index (χ3n) is 6.24. The lowest BCUT2D eigenvalue weighted by atomic mass is 9.86. The lowest BCUT2D eigenvalue weighted by molar-refractivity contribution is -0.139. The number of carbonyl (C=O) groups is 1. The second-order valence-corrected chi connectivity index (χ2v) is 8.93. The van der Waals surface area contributed by atoms with E-state index in [1.807, 2.05) is 56.3 Å². The molecule has 6 heteroatoms. The molecule has 0 saturated heterocycles. The quantitative estimate of drug-likeness (QED) is 0.254. The van der Waals surface area contributed by atoms with E-state index < -0.39 is 0 Å². The molecule has 2 aromatic rings. The Balaban J connectivity index is 1.24. The van der Waals surface area contributed by atoms with Gasteiger partial charge in [0.1, 0.15) is 18.5 Å². The van der Waals surface area contributed by atoms with E-state index in [9.17, 15) is 4.79 Å². The first-order valence-electron chi connectivity index (χ1n) is 11.1. The molecular formula is C26H28N2O4. The Morgan fingerprint density at radius 2 is 2.00 bits per heavy atom. The number of rotatable bonds is 8. The minimum Gasteiger partial charge on any atom is -0.439 e. The van der Waals surface area contributed by atoms with Crippen LogP contribution < -0.4 is 4.74 Å². The average molecular weight is 433 g/mol. The molecule has 4 rings (SSSR count). The lowest BCUT2D eigenvalue weighted by Crippen LogP contribution is -2.16. The molecular weight excluding hydrogens is 404 g/mol. The van der Waals surface area contributed by atoms with Crippen LogP contribution in [0, 0.1) is 35.2 Å². The molecule has 32 heavy (non-hydrogen) atoms. The number of benzene rings is 1. The summed E-state index contributed by atoms with van der Waals surface area (Å²) in [6, 6.07) is 15.0. The van der Waals surface area contributed by atoms with Crippen molar-refractivity contribution in [1.82, 2.24) is 4.98 Å². The molecule has 1 aromatic heterocycles. The number of aromatic nitrogens is 1. The first-order valence-corrected chi connectivity index (χ1v) is 11.1. The van der Waals surface area contributed by atoms with Crippen molar-refractivity contribution in [3.63, 3.8) is 0 Å². The maximum Gasteiger partial charge on any atom is 0.324 e. The summed E-state index contributed by atoms with van der Waals surface area (Å²) in [5.74, 6) is 4.13. The summed E-state index contributed by atoms with van der Waals surface area (Å²) < 4.78 is 10.9. The Labute approximate surface area is 189 Å². The molecule has 0 spiro atoms. The fourth-order valence-corrected chi connectivity index (χ4v) is 3.82. The number of hydrogen-bond acceptors (Lipinski definition) is 6. The van der Waals surface area contributed by atoms with Crippen molar-refractivity contribution < 1.29 is 19.1 Å². The van der Waals surface area contributed by atoms with Crippen LogP contribution >= 0.6 is 0 Å². The maximum absolute atomic E-state index is 12.4. The maximum atomic E-state index is 12.4. The number of nitrogens with zero attached hydrogens (tertiary/aromatic N) is 2. The molecule has 1 heterocycles. The van der Waals surface area contributed by atoms with Crippen LogP contribution in [0.25, 0.3) is 0 Å². The van der Waals surface area contributed by atoms with Gasteiger partial charge in [-0.15, -0.1) is 0 Å². The van der Waals surface area contributed by atoms with Crippen LogP contribution in [0.3, 0.4) is 0 Å². The van der Waals surface area contributed by atoms with Crippen molar-refractivity contribution in [2.24, 2.45) is 28.3 Å². The van der Waals surface area contributed by atoms with Crippen molar-refractivity contribution >= 4 is 12.2 Å². The van der Waals surface area contributed by atoms with E-state index in [4.69, 9.17) is 14.3 Å². The minimum absolute atomic E-state index is 0.00618. The lowest BCUT2D eigenvalue weighted by Gasteiger charge is -2.23. The first-order chi connectivity index (χ1) is 15.5. The van der Waals surface area contributed by atoms with Gasteiger partial charge in [-0.2, -0.15) is 0 Å². The van der Waals surface area contributed by atoms with Crippen molar-refractivity contribution in [1.29, 1.82) is 0 Å². The zero-order valence-corrected chi connectivity index (χ0v) is 18.5. The summed E-state index contributed by atoms with van der Waals surface area (Å²) in [7, 11) is 0. The van der Waals surface area contributed by atoms with Crippen LogP contribution in [0.15, 0.2) is 53.7 Å². The van der Waals surface area contributed by atoms with Gasteiger partial charge in [0.05, 0.1) is 18.0 Å². The Morgan fingerprint density at radius 3 is 2.75 bits per heavy atom. The molecule has 2 aliphatic rings. The van der Waals surface area contributed by atoms with E-state index in [1.54, 1.807) is 12.3 Å². The zero-order chi connectivity index (χ0) is 22.4. The largest absolute Gasteiger partial charge is 0.439 e. The molecule has 0 N–H and O–H groups in total. The van der Waals surface area contributed by atoms with Crippen LogP contribution in [0.1, 0.15) is 38.8 Å². The molecule has 0 amide bonds. The van der Waals surface area contributed by atoms with Crippen LogP contribution in [0.2, 0.25) is 0 Å². The highest BCUT2D eigenvalue weighted by molar-refractivity contribution is 5.86. The summed E-state index contributed by atoms with van der Waals surface area (Å²) >= 11 is 0. The Morgan fingerprint density at radius 1 is 1.19 bits per heavy atom. The van der Waals surface area contributed by atoms with Gasteiger partial charge in [-0.3, -0.25) is 4.79 Å². The number of para-hydroxylation sites is 1. The van der Waals surface area contributed by atoms with Gasteiger partial charge >= 0.3 is 5.97 Å². The molecule has 0 bridgehead atoms. The molecule has 2 aliphatic carbocycles. The van der Waals surface area contributed by atoms with Gasteiger partial charge in [-0.1, -0.05) is 55.6 Å². The van der Waals surface area contributed by atoms with Gasteiger partial charge < -0.3 is 14.3 Å². The molecule has 166 valence electrons. The Hall–Kier alpha value is -3.33. The van der Waals surface area contributed by atoms with Gasteiger partial charge in [-0.25, -0.2) is 4.98 Å². The molecule has 0 aliphatic heterocycles. The van der Waals surface area contributed by atoms with E-state index in [1.165, 1.54) is 19.3 Å². The van der Waals surface area contributed by atoms with Gasteiger partial charge in [-0.05, 0) is 42.4 Å². The molecule has 6 nitrogen and oxygen atoms in total. The van der Waals surface area contributed by atoms with Crippen molar-refractivity contribution in [2.75, 3.05) is 6.61 Å². The van der Waals surface area contributed by atoms with Crippen LogP contribution in [0.5, 0.6) is 11.6 Å². The van der Waals surface area contributed by atoms with Crippen molar-refractivity contribution in [3.8, 4) is 23.7 Å². The summed E-state index contributed by atoms with van der Waals surface area (Å²) in [4.78, 5) is 22.2. The van der Waals surface area contributed by atoms with E-state index >= 15 is 0 Å². The number of ether oxygens (including phenoxy) is 2. The highest BCUT2D eigenvalue weighted by atomic mass is 16.6. The number of oxime groups is 1. The Kier molecular flexibility index (Phi) is 6.75. The van der Waals surface area contributed by atoms with Gasteiger partial charge in [0.15, 0.2) is 0 Å². The van der Waals surface area contributed by atoms with Crippen molar-refractivity contribution in [2.45, 2.75) is 39.5 Å². The van der Waals surface area contributed by atoms with Gasteiger partial charge in [0.2, 0.25) is 5.88 Å². The number of carbonyl (C=O) groups excluding carboxylic acids is 1. The predicted octanol–water partition coefficient (Wildman–Crippen LogP) is 5.00. The normalized spacial score (nSPS) is 21.2. The van der Waals surface area contributed by atoms with Crippen LogP contribution in [0.4, 0.5) is 0 Å². The third kappa shape index (κ3) is 5.47. The zero-order valence-electron chi connectivity index (χ0n) is 18.5. The smallest absolute Gasteiger partial charge is 0.324 e. The van der Waals surface area contributed by atoms with E-state index in [0.29, 0.717) is 24.8 Å². The van der Waals surface area contributed by atoms with Crippen molar-refractivity contribution in [3.05, 3.63) is 54.2 Å². The average Bonchev–Trinajstić information content (AvgIpc) is 3.31. The Bertz CT molecular complexity index is 1020. The third-order valence-corrected chi connectivity index (χ3v) is 6.24. The minimum atomic E-state index is -0.327. The van der Waals surface area contributed by atoms with Crippen LogP contribution in [-0.4, -0.2) is 23.8 Å². The molecule has 0 radical (unpaired) electrons. The van der Waals surface area contributed by atoms with E-state index in [0.717, 1.165) is 11.4 Å². The van der Waals surface area contributed by atoms with Gasteiger partial charge in [0.25, 0.3) is 0 Å². The number of esters is 1. The second kappa shape index (κ2) is 9.86. The summed E-state index contributed by atoms with van der Waals surface area (Å²) in [6.45, 7) is 4.71. The SMILES string of the molecule is CC1(C)C(C=NOCC2CCC2)C1C(=O)OC#CCc1cccc(Oc2ccccc2)n1. The molecule has 2 unspecified atom stereocenters. The number of hydrogen-bond donors (Lipinski definition) is 0.